The van der Waals surface area contributed by atoms with Crippen LogP contribution >= 0.6 is 22.7 Å². The fourth-order valence-corrected chi connectivity index (χ4v) is 5.08. The Bertz CT molecular complexity index is 1070. The van der Waals surface area contributed by atoms with Crippen LogP contribution in [0.3, 0.4) is 0 Å². The molecule has 0 fully saturated rings. The van der Waals surface area contributed by atoms with E-state index in [9.17, 15) is 0 Å². The Morgan fingerprint density at radius 1 is 1.04 bits per heavy atom. The molecule has 0 amide bonds. The van der Waals surface area contributed by atoms with Gasteiger partial charge in [0.15, 0.2) is 0 Å². The van der Waals surface area contributed by atoms with E-state index in [1.54, 1.807) is 29.8 Å². The maximum atomic E-state index is 5.28. The molecule has 27 heavy (non-hydrogen) atoms. The Hall–Kier alpha value is -2.70. The van der Waals surface area contributed by atoms with Gasteiger partial charge in [0, 0.05) is 11.3 Å². The van der Waals surface area contributed by atoms with E-state index in [1.807, 2.05) is 18.2 Å². The van der Waals surface area contributed by atoms with Crippen LogP contribution in [0, 0.1) is 0 Å². The third kappa shape index (κ3) is 3.01. The number of methoxy groups -OCH3 is 1. The molecule has 0 saturated carbocycles. The number of anilines is 1. The van der Waals surface area contributed by atoms with Gasteiger partial charge in [0.25, 0.3) is 0 Å². The van der Waals surface area contributed by atoms with Crippen molar-refractivity contribution in [3.63, 3.8) is 0 Å². The lowest BCUT2D eigenvalue weighted by Gasteiger charge is -2.19. The molecule has 4 aromatic rings. The van der Waals surface area contributed by atoms with E-state index >= 15 is 0 Å². The number of hydrogen-bond donors (Lipinski definition) is 0. The van der Waals surface area contributed by atoms with Crippen molar-refractivity contribution in [2.45, 2.75) is 12.5 Å². The smallest absolute Gasteiger partial charge is 0.207 e. The molecule has 0 N–H and O–H groups in total. The highest BCUT2D eigenvalue weighted by atomic mass is 32.1. The lowest BCUT2D eigenvalue weighted by molar-refractivity contribution is 0.415. The monoisotopic (exact) mass is 391 g/mol. The first-order valence-electron chi connectivity index (χ1n) is 8.72. The first-order chi connectivity index (χ1) is 13.3. The molecule has 1 atom stereocenters. The van der Waals surface area contributed by atoms with Gasteiger partial charge in [-0.3, -0.25) is 0 Å². The van der Waals surface area contributed by atoms with E-state index in [1.165, 1.54) is 9.58 Å². The van der Waals surface area contributed by atoms with Crippen molar-refractivity contribution in [3.8, 4) is 5.75 Å². The van der Waals surface area contributed by atoms with Gasteiger partial charge in [-0.05, 0) is 53.4 Å². The van der Waals surface area contributed by atoms with Crippen LogP contribution in [0.15, 0.2) is 71.1 Å². The molecule has 0 bridgehead atoms. The second kappa shape index (κ2) is 6.79. The predicted octanol–water partition coefficient (Wildman–Crippen LogP) is 5.72. The predicted molar refractivity (Wildman–Crippen MR) is 113 cm³/mol. The average Bonchev–Trinajstić information content (AvgIpc) is 3.46. The molecule has 1 aliphatic heterocycles. The van der Waals surface area contributed by atoms with E-state index in [0.717, 1.165) is 34.1 Å². The third-order valence-corrected chi connectivity index (χ3v) is 6.68. The van der Waals surface area contributed by atoms with Crippen LogP contribution in [0.2, 0.25) is 0 Å². The Morgan fingerprint density at radius 2 is 1.89 bits per heavy atom. The lowest BCUT2D eigenvalue weighted by Crippen LogP contribution is -2.17. The van der Waals surface area contributed by atoms with Crippen molar-refractivity contribution in [1.82, 2.24) is 4.98 Å². The summed E-state index contributed by atoms with van der Waals surface area (Å²) < 4.78 is 6.46. The molecular weight excluding hydrogens is 374 g/mol. The average molecular weight is 392 g/mol. The van der Waals surface area contributed by atoms with Crippen LogP contribution < -0.4 is 9.75 Å². The van der Waals surface area contributed by atoms with Crippen molar-refractivity contribution in [1.29, 1.82) is 0 Å². The molecule has 0 aliphatic carbocycles. The summed E-state index contributed by atoms with van der Waals surface area (Å²) in [6.07, 6.45) is 0.864. The van der Waals surface area contributed by atoms with Gasteiger partial charge in [-0.15, -0.1) is 11.3 Å². The summed E-state index contributed by atoms with van der Waals surface area (Å²) in [6, 6.07) is 20.8. The number of thiophene rings is 1. The normalized spacial score (nSPS) is 16.7. The molecular formula is C21H17N3OS2. The highest BCUT2D eigenvalue weighted by Gasteiger charge is 2.32. The van der Waals surface area contributed by atoms with Crippen molar-refractivity contribution in [3.05, 3.63) is 76.5 Å². The summed E-state index contributed by atoms with van der Waals surface area (Å²) in [4.78, 5) is 6.14. The minimum absolute atomic E-state index is 0.183. The van der Waals surface area contributed by atoms with Gasteiger partial charge in [-0.2, -0.15) is 5.10 Å². The van der Waals surface area contributed by atoms with Gasteiger partial charge in [-0.1, -0.05) is 29.5 Å². The Balaban J connectivity index is 1.56. The zero-order chi connectivity index (χ0) is 18.2. The topological polar surface area (TPSA) is 37.7 Å². The van der Waals surface area contributed by atoms with E-state index in [4.69, 9.17) is 14.8 Å². The zero-order valence-corrected chi connectivity index (χ0v) is 16.3. The van der Waals surface area contributed by atoms with Crippen LogP contribution in [-0.4, -0.2) is 17.8 Å². The molecule has 3 heterocycles. The summed E-state index contributed by atoms with van der Waals surface area (Å²) in [5.41, 5.74) is 3.23. The van der Waals surface area contributed by atoms with Gasteiger partial charge in [0.05, 0.1) is 29.1 Å². The number of aromatic nitrogens is 1. The summed E-state index contributed by atoms with van der Waals surface area (Å²) in [6.45, 7) is 0. The van der Waals surface area contributed by atoms with Gasteiger partial charge in [-0.25, -0.2) is 9.99 Å². The number of benzene rings is 2. The largest absolute Gasteiger partial charge is 0.497 e. The van der Waals surface area contributed by atoms with Crippen LogP contribution in [0.25, 0.3) is 10.2 Å². The molecule has 134 valence electrons. The Labute approximate surface area is 165 Å². The number of rotatable bonds is 4. The number of fused-ring (bicyclic) bond motifs is 1. The Morgan fingerprint density at radius 3 is 2.63 bits per heavy atom. The molecule has 2 aromatic heterocycles. The minimum Gasteiger partial charge on any atom is -0.497 e. The number of hydrogen-bond acceptors (Lipinski definition) is 6. The number of hydrazone groups is 1. The van der Waals surface area contributed by atoms with E-state index in [-0.39, 0.29) is 6.04 Å². The van der Waals surface area contributed by atoms with Crippen LogP contribution in [0.5, 0.6) is 5.75 Å². The highest BCUT2D eigenvalue weighted by Crippen LogP contribution is 2.41. The van der Waals surface area contributed by atoms with Gasteiger partial charge in [0.1, 0.15) is 5.75 Å². The summed E-state index contributed by atoms with van der Waals surface area (Å²) >= 11 is 3.46. The molecule has 2 aromatic carbocycles. The molecule has 0 spiro atoms. The number of nitrogens with zero attached hydrogens (tertiary/aromatic N) is 3. The van der Waals surface area contributed by atoms with E-state index in [2.05, 4.69) is 52.9 Å². The number of ether oxygens (including phenoxy) is 1. The fraction of sp³-hybridized carbons (Fsp3) is 0.143. The minimum atomic E-state index is 0.183. The van der Waals surface area contributed by atoms with Crippen molar-refractivity contribution < 1.29 is 4.74 Å². The molecule has 1 unspecified atom stereocenters. The van der Waals surface area contributed by atoms with Crippen molar-refractivity contribution in [2.75, 3.05) is 12.1 Å². The maximum Gasteiger partial charge on any atom is 0.207 e. The molecule has 4 nitrogen and oxygen atoms in total. The summed E-state index contributed by atoms with van der Waals surface area (Å²) in [5, 5.41) is 10.1. The lowest BCUT2D eigenvalue weighted by atomic mass is 10.0. The van der Waals surface area contributed by atoms with Gasteiger partial charge in [0.2, 0.25) is 5.13 Å². The SMILES string of the molecule is COc1ccc(C2=NN(c3nc4ccccc4s3)C(c3cccs3)C2)cc1. The molecule has 5 rings (SSSR count). The van der Waals surface area contributed by atoms with Crippen molar-refractivity contribution >= 4 is 43.7 Å². The van der Waals surface area contributed by atoms with Crippen LogP contribution in [-0.2, 0) is 0 Å². The molecule has 1 aliphatic rings. The second-order valence-electron chi connectivity index (χ2n) is 6.32. The first-order valence-corrected chi connectivity index (χ1v) is 10.4. The van der Waals surface area contributed by atoms with Gasteiger partial charge < -0.3 is 4.74 Å². The highest BCUT2D eigenvalue weighted by molar-refractivity contribution is 7.22. The quantitative estimate of drug-likeness (QED) is 0.446. The molecule has 0 radical (unpaired) electrons. The van der Waals surface area contributed by atoms with Gasteiger partial charge >= 0.3 is 0 Å². The molecule has 6 heteroatoms. The first kappa shape index (κ1) is 16.5. The second-order valence-corrected chi connectivity index (χ2v) is 8.31. The number of thiazole rings is 1. The maximum absolute atomic E-state index is 5.28. The standard InChI is InChI=1S/C21H17N3OS2/c1-25-15-10-8-14(9-11-15)17-13-18(20-7-4-12-26-20)24(23-17)21-22-16-5-2-3-6-19(16)27-21/h2-12,18H,13H2,1H3. The molecule has 0 saturated heterocycles. The third-order valence-electron chi connectivity index (χ3n) is 4.68. The zero-order valence-electron chi connectivity index (χ0n) is 14.7. The Kier molecular flexibility index (Phi) is 4.14. The fourth-order valence-electron chi connectivity index (χ4n) is 3.31. The van der Waals surface area contributed by atoms with E-state index in [0.29, 0.717) is 0 Å². The van der Waals surface area contributed by atoms with Crippen molar-refractivity contribution in [2.24, 2.45) is 5.10 Å². The van der Waals surface area contributed by atoms with Crippen LogP contribution in [0.1, 0.15) is 22.9 Å². The number of para-hydroxylation sites is 1. The van der Waals surface area contributed by atoms with Crippen LogP contribution in [0.4, 0.5) is 5.13 Å². The summed E-state index contributed by atoms with van der Waals surface area (Å²) in [7, 11) is 1.68. The van der Waals surface area contributed by atoms with E-state index < -0.39 is 0 Å². The summed E-state index contributed by atoms with van der Waals surface area (Å²) in [5.74, 6) is 0.857.